The van der Waals surface area contributed by atoms with E-state index in [4.69, 9.17) is 9.84 Å². The van der Waals surface area contributed by atoms with Gasteiger partial charge < -0.3 is 9.84 Å². The number of hydrogen-bond donors (Lipinski definition) is 1. The van der Waals surface area contributed by atoms with E-state index in [0.717, 1.165) is 17.9 Å². The topological polar surface area (TPSA) is 29.5 Å². The molecule has 2 nitrogen and oxygen atoms in total. The Bertz CT molecular complexity index is 221. The highest BCUT2D eigenvalue weighted by atomic mass is 16.5. The van der Waals surface area contributed by atoms with Gasteiger partial charge in [0, 0.05) is 6.42 Å². The van der Waals surface area contributed by atoms with Crippen molar-refractivity contribution in [3.63, 3.8) is 0 Å². The predicted molar refractivity (Wildman–Crippen MR) is 42.9 cm³/mol. The quantitative estimate of drug-likeness (QED) is 0.713. The fourth-order valence-electron chi connectivity index (χ4n) is 0.970. The maximum absolute atomic E-state index is 8.56. The normalized spacial score (nSPS) is 9.64. The van der Waals surface area contributed by atoms with Gasteiger partial charge in [0.25, 0.3) is 0 Å². The number of aliphatic hydroxyl groups is 1. The Hall–Kier alpha value is -1.02. The van der Waals surface area contributed by atoms with Crippen molar-refractivity contribution < 1.29 is 9.84 Å². The molecule has 0 aliphatic rings. The van der Waals surface area contributed by atoms with E-state index in [1.165, 1.54) is 0 Å². The van der Waals surface area contributed by atoms with Crippen LogP contribution >= 0.6 is 0 Å². The number of ether oxygens (including phenoxy) is 1. The Balaban J connectivity index is 2.83. The van der Waals surface area contributed by atoms with Crippen molar-refractivity contribution in [2.45, 2.75) is 6.42 Å². The largest absolute Gasteiger partial charge is 0.496 e. The highest BCUT2D eigenvalue weighted by molar-refractivity contribution is 5.33. The lowest BCUT2D eigenvalue weighted by atomic mass is 10.1. The molecule has 2 heteroatoms. The second kappa shape index (κ2) is 3.98. The molecular formula is C9H11O2. The van der Waals surface area contributed by atoms with Gasteiger partial charge in [0.05, 0.1) is 13.7 Å². The van der Waals surface area contributed by atoms with Crippen LogP contribution in [0.2, 0.25) is 0 Å². The van der Waals surface area contributed by atoms with Gasteiger partial charge in [-0.05, 0) is 11.6 Å². The van der Waals surface area contributed by atoms with Crippen molar-refractivity contribution in [3.8, 4) is 5.75 Å². The third-order valence-corrected chi connectivity index (χ3v) is 1.50. The van der Waals surface area contributed by atoms with E-state index in [2.05, 4.69) is 0 Å². The van der Waals surface area contributed by atoms with Crippen LogP contribution in [-0.4, -0.2) is 12.2 Å². The van der Waals surface area contributed by atoms with Crippen LogP contribution in [0.1, 0.15) is 5.56 Å². The van der Waals surface area contributed by atoms with E-state index in [1.54, 1.807) is 7.11 Å². The third kappa shape index (κ3) is 1.95. The summed E-state index contributed by atoms with van der Waals surface area (Å²) < 4.78 is 5.07. The summed E-state index contributed by atoms with van der Waals surface area (Å²) in [6.07, 6.45) is 0.532. The van der Waals surface area contributed by atoms with E-state index in [1.807, 2.05) is 24.3 Å². The molecule has 0 aliphatic heterocycles. The fraction of sp³-hybridized carbons (Fsp3) is 0.222. The maximum Gasteiger partial charge on any atom is 0.122 e. The number of benzene rings is 1. The average molecular weight is 151 g/mol. The lowest BCUT2D eigenvalue weighted by molar-refractivity contribution is 0.376. The summed E-state index contributed by atoms with van der Waals surface area (Å²) in [6.45, 7) is 1.12. The van der Waals surface area contributed by atoms with Gasteiger partial charge in [-0.1, -0.05) is 18.2 Å². The maximum atomic E-state index is 8.56. The van der Waals surface area contributed by atoms with E-state index < -0.39 is 0 Å². The van der Waals surface area contributed by atoms with Crippen molar-refractivity contribution in [2.75, 3.05) is 7.11 Å². The highest BCUT2D eigenvalue weighted by Crippen LogP contribution is 2.17. The van der Waals surface area contributed by atoms with Gasteiger partial charge in [0.15, 0.2) is 0 Å². The van der Waals surface area contributed by atoms with Crippen molar-refractivity contribution in [3.05, 3.63) is 36.4 Å². The first-order chi connectivity index (χ1) is 5.38. The zero-order chi connectivity index (χ0) is 8.10. The summed E-state index contributed by atoms with van der Waals surface area (Å²) in [5.74, 6) is 0.817. The summed E-state index contributed by atoms with van der Waals surface area (Å²) in [7, 11) is 1.62. The van der Waals surface area contributed by atoms with E-state index in [-0.39, 0.29) is 0 Å². The zero-order valence-electron chi connectivity index (χ0n) is 6.45. The molecule has 1 aromatic carbocycles. The second-order valence-corrected chi connectivity index (χ2v) is 2.20. The standard InChI is InChI=1S/C9H11O2/c1-11-9-5-3-2-4-8(9)6-7-10/h2-5,7,10H,6H2,1H3. The minimum Gasteiger partial charge on any atom is -0.496 e. The van der Waals surface area contributed by atoms with Crippen LogP contribution in [0.25, 0.3) is 0 Å². The van der Waals surface area contributed by atoms with Gasteiger partial charge in [-0.3, -0.25) is 0 Å². The van der Waals surface area contributed by atoms with Crippen LogP contribution in [0.4, 0.5) is 0 Å². The molecule has 11 heavy (non-hydrogen) atoms. The van der Waals surface area contributed by atoms with E-state index in [9.17, 15) is 0 Å². The number of hydrogen-bond acceptors (Lipinski definition) is 2. The van der Waals surface area contributed by atoms with Gasteiger partial charge in [-0.2, -0.15) is 0 Å². The van der Waals surface area contributed by atoms with Crippen LogP contribution in [0, 0.1) is 6.61 Å². The molecule has 0 bridgehead atoms. The Morgan fingerprint density at radius 2 is 2.18 bits per heavy atom. The molecule has 1 aromatic rings. The first kappa shape index (κ1) is 8.08. The molecule has 0 spiro atoms. The van der Waals surface area contributed by atoms with Crippen molar-refractivity contribution in [1.29, 1.82) is 0 Å². The van der Waals surface area contributed by atoms with Gasteiger partial charge in [0.1, 0.15) is 5.75 Å². The van der Waals surface area contributed by atoms with Gasteiger partial charge in [-0.25, -0.2) is 0 Å². The first-order valence-corrected chi connectivity index (χ1v) is 3.46. The lowest BCUT2D eigenvalue weighted by Crippen LogP contribution is -1.91. The number of methoxy groups -OCH3 is 1. The van der Waals surface area contributed by atoms with Crippen LogP contribution in [0.3, 0.4) is 0 Å². The Morgan fingerprint density at radius 3 is 2.82 bits per heavy atom. The molecule has 1 radical (unpaired) electrons. The second-order valence-electron chi connectivity index (χ2n) is 2.20. The number of para-hydroxylation sites is 1. The van der Waals surface area contributed by atoms with Crippen LogP contribution < -0.4 is 4.74 Å². The Kier molecular flexibility index (Phi) is 2.93. The minimum absolute atomic E-state index is 0.532. The molecule has 0 atom stereocenters. The monoisotopic (exact) mass is 151 g/mol. The molecule has 59 valence electrons. The number of aliphatic hydroxyl groups excluding tert-OH is 1. The van der Waals surface area contributed by atoms with Crippen LogP contribution in [-0.2, 0) is 6.42 Å². The van der Waals surface area contributed by atoms with Crippen molar-refractivity contribution in [1.82, 2.24) is 0 Å². The predicted octanol–water partition coefficient (Wildman–Crippen LogP) is 1.77. The smallest absolute Gasteiger partial charge is 0.122 e. The molecule has 0 unspecified atom stereocenters. The zero-order valence-corrected chi connectivity index (χ0v) is 6.45. The lowest BCUT2D eigenvalue weighted by Gasteiger charge is -2.04. The Labute approximate surface area is 66.4 Å². The van der Waals surface area contributed by atoms with Crippen LogP contribution in [0.15, 0.2) is 24.3 Å². The Morgan fingerprint density at radius 1 is 1.45 bits per heavy atom. The summed E-state index contributed by atoms with van der Waals surface area (Å²) in [5.41, 5.74) is 0.998. The van der Waals surface area contributed by atoms with Crippen LogP contribution in [0.5, 0.6) is 5.75 Å². The molecule has 0 aliphatic carbocycles. The first-order valence-electron chi connectivity index (χ1n) is 3.46. The van der Waals surface area contributed by atoms with Crippen molar-refractivity contribution in [2.24, 2.45) is 0 Å². The van der Waals surface area contributed by atoms with Gasteiger partial charge >= 0.3 is 0 Å². The molecule has 1 rings (SSSR count). The third-order valence-electron chi connectivity index (χ3n) is 1.50. The number of rotatable bonds is 3. The van der Waals surface area contributed by atoms with Crippen molar-refractivity contribution >= 4 is 0 Å². The average Bonchev–Trinajstić information content (AvgIpc) is 2.06. The molecule has 0 saturated carbocycles. The SMILES string of the molecule is COc1ccccc1C[CH]O. The molecule has 0 fully saturated rings. The molecule has 0 amide bonds. The van der Waals surface area contributed by atoms with E-state index >= 15 is 0 Å². The molecule has 1 N–H and O–H groups in total. The minimum atomic E-state index is 0.532. The molecule has 0 saturated heterocycles. The summed E-state index contributed by atoms with van der Waals surface area (Å²) in [6, 6.07) is 7.62. The van der Waals surface area contributed by atoms with Gasteiger partial charge in [0.2, 0.25) is 0 Å². The molecular weight excluding hydrogens is 140 g/mol. The summed E-state index contributed by atoms with van der Waals surface area (Å²) in [4.78, 5) is 0. The highest BCUT2D eigenvalue weighted by Gasteiger charge is 1.98. The molecule has 0 aromatic heterocycles. The fourth-order valence-corrected chi connectivity index (χ4v) is 0.970. The summed E-state index contributed by atoms with van der Waals surface area (Å²) in [5, 5.41) is 8.56. The van der Waals surface area contributed by atoms with Gasteiger partial charge in [-0.15, -0.1) is 0 Å². The summed E-state index contributed by atoms with van der Waals surface area (Å²) >= 11 is 0. The van der Waals surface area contributed by atoms with E-state index in [0.29, 0.717) is 6.42 Å². The molecule has 0 heterocycles.